The normalized spacial score (nSPS) is 10.5. The van der Waals surface area contributed by atoms with Gasteiger partial charge in [-0.1, -0.05) is 30.0 Å². The maximum absolute atomic E-state index is 12.5. The van der Waals surface area contributed by atoms with Crippen LogP contribution >= 0.6 is 0 Å². The molecule has 3 aromatic rings. The fourth-order valence-corrected chi connectivity index (χ4v) is 3.74. The van der Waals surface area contributed by atoms with E-state index in [1.165, 1.54) is 24.3 Å². The van der Waals surface area contributed by atoms with Gasteiger partial charge < -0.3 is 10.1 Å². The second kappa shape index (κ2) is 10.3. The summed E-state index contributed by atoms with van der Waals surface area (Å²) in [6.45, 7) is 2.57. The number of anilines is 1. The quantitative estimate of drug-likeness (QED) is 0.556. The van der Waals surface area contributed by atoms with Gasteiger partial charge in [0.05, 0.1) is 18.0 Å². The fourth-order valence-electron chi connectivity index (χ4n) is 2.68. The molecule has 0 spiro atoms. The number of nitrogens with one attached hydrogen (secondary N) is 2. The van der Waals surface area contributed by atoms with Crippen molar-refractivity contribution in [1.29, 1.82) is 0 Å². The van der Waals surface area contributed by atoms with Gasteiger partial charge in [-0.05, 0) is 67.6 Å². The molecule has 0 atom stereocenters. The zero-order chi connectivity index (χ0) is 22.1. The smallest absolute Gasteiger partial charge is 0.261 e. The Kier molecular flexibility index (Phi) is 7.31. The molecule has 158 valence electrons. The van der Waals surface area contributed by atoms with Crippen LogP contribution in [-0.4, -0.2) is 27.5 Å². The number of carbonyl (C=O) groups is 1. The lowest BCUT2D eigenvalue weighted by Crippen LogP contribution is -2.23. The van der Waals surface area contributed by atoms with Crippen molar-refractivity contribution >= 4 is 21.6 Å². The molecule has 0 aromatic heterocycles. The molecule has 3 aromatic carbocycles. The number of sulfonamides is 1. The summed E-state index contributed by atoms with van der Waals surface area (Å²) in [6, 6.07) is 21.8. The van der Waals surface area contributed by atoms with Gasteiger partial charge in [0.15, 0.2) is 0 Å². The van der Waals surface area contributed by atoms with Gasteiger partial charge in [0.25, 0.3) is 15.9 Å². The van der Waals surface area contributed by atoms with E-state index in [9.17, 15) is 13.2 Å². The Bertz CT molecular complexity index is 1180. The molecule has 3 rings (SSSR count). The predicted molar refractivity (Wildman–Crippen MR) is 121 cm³/mol. The zero-order valence-electron chi connectivity index (χ0n) is 17.0. The first-order valence-electron chi connectivity index (χ1n) is 9.66. The van der Waals surface area contributed by atoms with E-state index < -0.39 is 10.0 Å². The highest BCUT2D eigenvalue weighted by Gasteiger charge is 2.14. The topological polar surface area (TPSA) is 84.5 Å². The molecule has 0 unspecified atom stereocenters. The lowest BCUT2D eigenvalue weighted by molar-refractivity contribution is 0.0958. The molecule has 0 heterocycles. The molecule has 1 amide bonds. The average Bonchev–Trinajstić information content (AvgIpc) is 2.78. The van der Waals surface area contributed by atoms with Gasteiger partial charge in [-0.2, -0.15) is 0 Å². The Labute approximate surface area is 182 Å². The molecule has 2 N–H and O–H groups in total. The third kappa shape index (κ3) is 6.36. The van der Waals surface area contributed by atoms with Crippen molar-refractivity contribution < 1.29 is 17.9 Å². The summed E-state index contributed by atoms with van der Waals surface area (Å²) in [4.78, 5) is 12.3. The van der Waals surface area contributed by atoms with E-state index in [1.54, 1.807) is 24.3 Å². The average molecular weight is 435 g/mol. The minimum atomic E-state index is -3.75. The number of amides is 1. The Morgan fingerprint density at radius 1 is 0.935 bits per heavy atom. The first-order chi connectivity index (χ1) is 15.0. The van der Waals surface area contributed by atoms with Crippen molar-refractivity contribution in [3.8, 4) is 17.6 Å². The van der Waals surface area contributed by atoms with Gasteiger partial charge in [-0.3, -0.25) is 9.52 Å². The highest BCUT2D eigenvalue weighted by atomic mass is 32.2. The number of benzene rings is 3. The van der Waals surface area contributed by atoms with Gasteiger partial charge in [0.2, 0.25) is 0 Å². The summed E-state index contributed by atoms with van der Waals surface area (Å²) in [6.07, 6.45) is 0. The van der Waals surface area contributed by atoms with E-state index in [-0.39, 0.29) is 17.3 Å². The van der Waals surface area contributed by atoms with Crippen LogP contribution in [0.4, 0.5) is 5.69 Å². The Morgan fingerprint density at radius 2 is 1.61 bits per heavy atom. The summed E-state index contributed by atoms with van der Waals surface area (Å²) in [5.74, 6) is 6.17. The number of hydrogen-bond acceptors (Lipinski definition) is 4. The first-order valence-corrected chi connectivity index (χ1v) is 11.1. The Hall–Kier alpha value is -3.76. The molecule has 6 nitrogen and oxygen atoms in total. The zero-order valence-corrected chi connectivity index (χ0v) is 17.8. The van der Waals surface area contributed by atoms with Crippen LogP contribution in [0.2, 0.25) is 0 Å². The highest BCUT2D eigenvalue weighted by Crippen LogP contribution is 2.19. The monoisotopic (exact) mass is 434 g/mol. The van der Waals surface area contributed by atoms with Crippen LogP contribution in [0.15, 0.2) is 83.8 Å². The van der Waals surface area contributed by atoms with Gasteiger partial charge >= 0.3 is 0 Å². The summed E-state index contributed by atoms with van der Waals surface area (Å²) in [5.41, 5.74) is 1.64. The van der Waals surface area contributed by atoms with Crippen LogP contribution in [0.25, 0.3) is 0 Å². The second-order valence-corrected chi connectivity index (χ2v) is 8.12. The molecule has 0 aliphatic rings. The fraction of sp³-hybridized carbons (Fsp3) is 0.125. The third-order valence-electron chi connectivity index (χ3n) is 4.19. The van der Waals surface area contributed by atoms with E-state index in [0.717, 1.165) is 5.56 Å². The minimum Gasteiger partial charge on any atom is -0.494 e. The van der Waals surface area contributed by atoms with Crippen LogP contribution in [0.3, 0.4) is 0 Å². The summed E-state index contributed by atoms with van der Waals surface area (Å²) < 4.78 is 32.9. The van der Waals surface area contributed by atoms with E-state index >= 15 is 0 Å². The van der Waals surface area contributed by atoms with Gasteiger partial charge in [-0.25, -0.2) is 8.42 Å². The Balaban J connectivity index is 1.57. The number of carbonyl (C=O) groups excluding carboxylic acids is 1. The first kappa shape index (κ1) is 21.9. The minimum absolute atomic E-state index is 0.120. The molecule has 0 saturated carbocycles. The van der Waals surface area contributed by atoms with Gasteiger partial charge in [-0.15, -0.1) is 0 Å². The van der Waals surface area contributed by atoms with Crippen LogP contribution < -0.4 is 14.8 Å². The lowest BCUT2D eigenvalue weighted by atomic mass is 10.2. The van der Waals surface area contributed by atoms with Crippen molar-refractivity contribution in [3.05, 3.63) is 90.0 Å². The molecular formula is C24H22N2O4S. The van der Waals surface area contributed by atoms with Crippen molar-refractivity contribution in [3.63, 3.8) is 0 Å². The number of ether oxygens (including phenoxy) is 1. The Morgan fingerprint density at radius 3 is 2.26 bits per heavy atom. The molecule has 0 fully saturated rings. The van der Waals surface area contributed by atoms with Crippen molar-refractivity contribution in [2.45, 2.75) is 11.8 Å². The summed E-state index contributed by atoms with van der Waals surface area (Å²) in [5, 5.41) is 2.72. The van der Waals surface area contributed by atoms with E-state index in [1.807, 2.05) is 37.3 Å². The maximum Gasteiger partial charge on any atom is 0.261 e. The van der Waals surface area contributed by atoms with Crippen LogP contribution in [0, 0.1) is 11.8 Å². The van der Waals surface area contributed by atoms with Crippen LogP contribution in [0.5, 0.6) is 5.75 Å². The largest absolute Gasteiger partial charge is 0.494 e. The standard InChI is InChI=1S/C24H22N2O4S/c1-2-30-22-14-16-23(17-15-22)31(28,29)26-21-12-10-20(11-13-21)24(27)25-18-6-9-19-7-4-3-5-8-19/h3-5,7-8,10-17,26H,2,18H2,1H3,(H,25,27). The van der Waals surface area contributed by atoms with Crippen molar-refractivity contribution in [2.75, 3.05) is 17.9 Å². The van der Waals surface area contributed by atoms with Crippen molar-refractivity contribution in [1.82, 2.24) is 5.32 Å². The molecule has 0 aliphatic carbocycles. The maximum atomic E-state index is 12.5. The third-order valence-corrected chi connectivity index (χ3v) is 5.59. The molecule has 0 aliphatic heterocycles. The molecule has 0 radical (unpaired) electrons. The summed E-state index contributed by atoms with van der Waals surface area (Å²) in [7, 11) is -3.75. The van der Waals surface area contributed by atoms with Gasteiger partial charge in [0.1, 0.15) is 5.75 Å². The lowest BCUT2D eigenvalue weighted by Gasteiger charge is -2.10. The molecular weight excluding hydrogens is 412 g/mol. The molecule has 31 heavy (non-hydrogen) atoms. The van der Waals surface area contributed by atoms with Crippen LogP contribution in [-0.2, 0) is 10.0 Å². The van der Waals surface area contributed by atoms with Crippen LogP contribution in [0.1, 0.15) is 22.8 Å². The van der Waals surface area contributed by atoms with E-state index in [0.29, 0.717) is 23.6 Å². The molecule has 0 saturated heterocycles. The summed E-state index contributed by atoms with van der Waals surface area (Å²) >= 11 is 0. The molecule has 7 heteroatoms. The highest BCUT2D eigenvalue weighted by molar-refractivity contribution is 7.92. The SMILES string of the molecule is CCOc1ccc(S(=O)(=O)Nc2ccc(C(=O)NCC#Cc3ccccc3)cc2)cc1. The second-order valence-electron chi connectivity index (χ2n) is 6.44. The van der Waals surface area contributed by atoms with E-state index in [2.05, 4.69) is 21.9 Å². The molecule has 0 bridgehead atoms. The van der Waals surface area contributed by atoms with Crippen molar-refractivity contribution in [2.24, 2.45) is 0 Å². The van der Waals surface area contributed by atoms with Gasteiger partial charge in [0, 0.05) is 16.8 Å². The number of hydrogen-bond donors (Lipinski definition) is 2. The van der Waals surface area contributed by atoms with E-state index in [4.69, 9.17) is 4.74 Å². The predicted octanol–water partition coefficient (Wildman–Crippen LogP) is 3.67. The number of rotatable bonds is 7.